The molecule has 0 saturated heterocycles. The molecule has 0 N–H and O–H groups in total. The molecule has 6 heteroatoms. The number of carbonyl (C=O) groups is 1. The van der Waals surface area contributed by atoms with Gasteiger partial charge in [-0.05, 0) is 24.3 Å². The number of hydrogen-bond donors (Lipinski definition) is 0. The van der Waals surface area contributed by atoms with E-state index in [0.29, 0.717) is 4.90 Å². The van der Waals surface area contributed by atoms with Crippen LogP contribution in [0.3, 0.4) is 0 Å². The lowest BCUT2D eigenvalue weighted by Gasteiger charge is -2.08. The number of ether oxygens (including phenoxy) is 1. The summed E-state index contributed by atoms with van der Waals surface area (Å²) in [7, 11) is 0. The molecule has 0 saturated carbocycles. The zero-order valence-electron chi connectivity index (χ0n) is 7.67. The minimum atomic E-state index is -4.69. The Hall–Kier alpha value is -1.17. The smallest absolute Gasteiger partial charge is 0.406 e. The molecular formula is C9H7F3O2S. The van der Waals surface area contributed by atoms with E-state index in [1.54, 1.807) is 0 Å². The van der Waals surface area contributed by atoms with Crippen LogP contribution in [-0.4, -0.2) is 11.5 Å². The van der Waals surface area contributed by atoms with Crippen molar-refractivity contribution >= 4 is 16.9 Å². The minimum Gasteiger partial charge on any atom is -0.406 e. The van der Waals surface area contributed by atoms with Gasteiger partial charge < -0.3 is 4.74 Å². The second-order valence-electron chi connectivity index (χ2n) is 2.61. The van der Waals surface area contributed by atoms with Crippen LogP contribution in [0.5, 0.6) is 5.75 Å². The molecule has 1 aromatic carbocycles. The van der Waals surface area contributed by atoms with E-state index in [9.17, 15) is 18.0 Å². The molecule has 0 aliphatic heterocycles. The summed E-state index contributed by atoms with van der Waals surface area (Å²) in [6.07, 6.45) is -4.69. The first-order chi connectivity index (χ1) is 6.87. The van der Waals surface area contributed by atoms with Gasteiger partial charge in [-0.2, -0.15) is 0 Å². The standard InChI is InChI=1S/C9H7F3O2S/c1-6(13)15-8-4-2-7(3-5-8)14-9(10,11)12/h2-5H,1H3. The Morgan fingerprint density at radius 2 is 1.80 bits per heavy atom. The zero-order chi connectivity index (χ0) is 11.5. The fourth-order valence-electron chi connectivity index (χ4n) is 0.875. The molecule has 0 fully saturated rings. The first-order valence-electron chi connectivity index (χ1n) is 3.91. The summed E-state index contributed by atoms with van der Waals surface area (Å²) in [5.74, 6) is -0.296. The summed E-state index contributed by atoms with van der Waals surface area (Å²) in [5.41, 5.74) is 0. The van der Waals surface area contributed by atoms with Gasteiger partial charge in [0.05, 0.1) is 0 Å². The van der Waals surface area contributed by atoms with Crippen LogP contribution in [0.25, 0.3) is 0 Å². The fraction of sp³-hybridized carbons (Fsp3) is 0.222. The maximum atomic E-state index is 11.8. The highest BCUT2D eigenvalue weighted by atomic mass is 32.2. The topological polar surface area (TPSA) is 26.3 Å². The average molecular weight is 236 g/mol. The van der Waals surface area contributed by atoms with Gasteiger partial charge in [-0.25, -0.2) is 0 Å². The Labute approximate surface area is 88.4 Å². The molecule has 0 aromatic heterocycles. The van der Waals surface area contributed by atoms with Crippen molar-refractivity contribution in [3.05, 3.63) is 24.3 Å². The molecule has 1 rings (SSSR count). The summed E-state index contributed by atoms with van der Waals surface area (Å²) in [6.45, 7) is 1.38. The largest absolute Gasteiger partial charge is 0.573 e. The van der Waals surface area contributed by atoms with Crippen molar-refractivity contribution < 1.29 is 22.7 Å². The molecule has 0 radical (unpaired) electrons. The first-order valence-corrected chi connectivity index (χ1v) is 4.73. The van der Waals surface area contributed by atoms with E-state index in [4.69, 9.17) is 0 Å². The SMILES string of the molecule is CC(=O)Sc1ccc(OC(F)(F)F)cc1. The predicted octanol–water partition coefficient (Wildman–Crippen LogP) is 3.22. The molecule has 0 bridgehead atoms. The number of carbonyl (C=O) groups excluding carboxylic acids is 1. The van der Waals surface area contributed by atoms with Gasteiger partial charge in [0.25, 0.3) is 0 Å². The van der Waals surface area contributed by atoms with Gasteiger partial charge >= 0.3 is 6.36 Å². The average Bonchev–Trinajstić information content (AvgIpc) is 2.05. The molecule has 1 aromatic rings. The number of alkyl halides is 3. The summed E-state index contributed by atoms with van der Waals surface area (Å²) in [4.78, 5) is 11.3. The van der Waals surface area contributed by atoms with Crippen LogP contribution in [0.4, 0.5) is 13.2 Å². The molecule has 82 valence electrons. The first kappa shape index (κ1) is 11.9. The van der Waals surface area contributed by atoms with Crippen LogP contribution in [0.2, 0.25) is 0 Å². The van der Waals surface area contributed by atoms with Crippen LogP contribution in [0.1, 0.15) is 6.92 Å². The van der Waals surface area contributed by atoms with Gasteiger partial charge in [-0.3, -0.25) is 4.79 Å². The Balaban J connectivity index is 2.68. The van der Waals surface area contributed by atoms with Crippen molar-refractivity contribution in [2.24, 2.45) is 0 Å². The zero-order valence-corrected chi connectivity index (χ0v) is 8.48. The number of benzene rings is 1. The second-order valence-corrected chi connectivity index (χ2v) is 3.86. The van der Waals surface area contributed by atoms with Crippen molar-refractivity contribution in [1.29, 1.82) is 0 Å². The summed E-state index contributed by atoms with van der Waals surface area (Å²) >= 11 is 0.949. The monoisotopic (exact) mass is 236 g/mol. The van der Waals surface area contributed by atoms with Gasteiger partial charge in [0, 0.05) is 11.8 Å². The lowest BCUT2D eigenvalue weighted by molar-refractivity contribution is -0.274. The molecule has 0 aliphatic carbocycles. The number of rotatable bonds is 2. The molecule has 15 heavy (non-hydrogen) atoms. The van der Waals surface area contributed by atoms with Crippen molar-refractivity contribution in [3.63, 3.8) is 0 Å². The molecular weight excluding hydrogens is 229 g/mol. The highest BCUT2D eigenvalue weighted by Gasteiger charge is 2.30. The van der Waals surface area contributed by atoms with E-state index < -0.39 is 6.36 Å². The van der Waals surface area contributed by atoms with Gasteiger partial charge in [0.15, 0.2) is 5.12 Å². The van der Waals surface area contributed by atoms with Gasteiger partial charge in [0.1, 0.15) is 5.75 Å². The van der Waals surface area contributed by atoms with E-state index in [0.717, 1.165) is 11.8 Å². The van der Waals surface area contributed by atoms with Crippen LogP contribution in [0.15, 0.2) is 29.2 Å². The van der Waals surface area contributed by atoms with Crippen molar-refractivity contribution in [2.45, 2.75) is 18.2 Å². The lowest BCUT2D eigenvalue weighted by atomic mass is 10.3. The normalized spacial score (nSPS) is 11.2. The Kier molecular flexibility index (Phi) is 3.62. The molecule has 2 nitrogen and oxygen atoms in total. The van der Waals surface area contributed by atoms with Crippen LogP contribution >= 0.6 is 11.8 Å². The van der Waals surface area contributed by atoms with E-state index in [1.807, 2.05) is 0 Å². The molecule has 0 aliphatic rings. The summed E-state index contributed by atoms with van der Waals surface area (Å²) in [5, 5.41) is -0.125. The van der Waals surface area contributed by atoms with Gasteiger partial charge in [0.2, 0.25) is 0 Å². The maximum absolute atomic E-state index is 11.8. The maximum Gasteiger partial charge on any atom is 0.573 e. The molecule has 0 atom stereocenters. The molecule has 0 amide bonds. The molecule has 0 spiro atoms. The van der Waals surface area contributed by atoms with Gasteiger partial charge in [-0.15, -0.1) is 13.2 Å². The van der Waals surface area contributed by atoms with Gasteiger partial charge in [-0.1, -0.05) is 11.8 Å². The number of hydrogen-bond acceptors (Lipinski definition) is 3. The van der Waals surface area contributed by atoms with E-state index >= 15 is 0 Å². The van der Waals surface area contributed by atoms with E-state index in [-0.39, 0.29) is 10.9 Å². The predicted molar refractivity (Wildman–Crippen MR) is 49.7 cm³/mol. The minimum absolute atomic E-state index is 0.125. The summed E-state index contributed by atoms with van der Waals surface area (Å²) < 4.78 is 39.0. The highest BCUT2D eigenvalue weighted by Crippen LogP contribution is 2.26. The number of thioether (sulfide) groups is 1. The Morgan fingerprint density at radius 1 is 1.27 bits per heavy atom. The summed E-state index contributed by atoms with van der Waals surface area (Å²) in [6, 6.07) is 5.12. The van der Waals surface area contributed by atoms with E-state index in [2.05, 4.69) is 4.74 Å². The van der Waals surface area contributed by atoms with Crippen LogP contribution < -0.4 is 4.74 Å². The fourth-order valence-corrected chi connectivity index (χ4v) is 1.48. The third-order valence-corrected chi connectivity index (χ3v) is 2.11. The highest BCUT2D eigenvalue weighted by molar-refractivity contribution is 8.13. The molecule has 0 unspecified atom stereocenters. The van der Waals surface area contributed by atoms with Crippen LogP contribution in [-0.2, 0) is 4.79 Å². The van der Waals surface area contributed by atoms with Crippen molar-refractivity contribution in [3.8, 4) is 5.75 Å². The van der Waals surface area contributed by atoms with Crippen molar-refractivity contribution in [1.82, 2.24) is 0 Å². The Morgan fingerprint density at radius 3 is 2.20 bits per heavy atom. The van der Waals surface area contributed by atoms with Crippen LogP contribution in [0, 0.1) is 0 Å². The Bertz CT molecular complexity index is 345. The third kappa shape index (κ3) is 4.73. The van der Waals surface area contributed by atoms with Crippen molar-refractivity contribution in [2.75, 3.05) is 0 Å². The lowest BCUT2D eigenvalue weighted by Crippen LogP contribution is -2.16. The number of halogens is 3. The second kappa shape index (κ2) is 4.57. The molecule has 0 heterocycles. The van der Waals surface area contributed by atoms with E-state index in [1.165, 1.54) is 31.2 Å². The quantitative estimate of drug-likeness (QED) is 0.737. The third-order valence-electron chi connectivity index (χ3n) is 1.32.